The van der Waals surface area contributed by atoms with Crippen LogP contribution in [0.25, 0.3) is 204 Å². The van der Waals surface area contributed by atoms with E-state index in [0.29, 0.717) is 16.9 Å². The summed E-state index contributed by atoms with van der Waals surface area (Å²) in [4.78, 5) is 27.3. The Kier molecular flexibility index (Phi) is 6.64. The molecule has 8 heterocycles. The Hall–Kier alpha value is -12.4. The highest BCUT2D eigenvalue weighted by molar-refractivity contribution is 7.27. The van der Waals surface area contributed by atoms with Crippen molar-refractivity contribution in [3.05, 3.63) is 314 Å². The van der Waals surface area contributed by atoms with Gasteiger partial charge in [-0.05, 0) is 94.8 Å². The van der Waals surface area contributed by atoms with E-state index in [-0.39, 0.29) is 125 Å². The van der Waals surface area contributed by atoms with Crippen LogP contribution in [0.2, 0.25) is 0 Å². The van der Waals surface area contributed by atoms with Crippen LogP contribution in [0, 0.1) is 0 Å². The number of hydrogen-bond donors (Lipinski definition) is 0. The van der Waals surface area contributed by atoms with Crippen molar-refractivity contribution in [2.24, 2.45) is 0 Å². The maximum absolute atomic E-state index is 9.75. The van der Waals surface area contributed by atoms with Crippen LogP contribution >= 0.6 is 45.3 Å². The number of aromatic nitrogens is 8. The molecule has 8 nitrogen and oxygen atoms in total. The molecule has 12 heteroatoms. The predicted molar refractivity (Wildman–Crippen MR) is 433 cm³/mol. The summed E-state index contributed by atoms with van der Waals surface area (Å²) in [6, 6.07) is -24.2. The molecule has 14 aromatic carbocycles. The summed E-state index contributed by atoms with van der Waals surface area (Å²) in [6.07, 6.45) is 0. The minimum absolute atomic E-state index is 0.0000712. The third-order valence-corrected chi connectivity index (χ3v) is 20.5. The second-order valence-corrected chi connectivity index (χ2v) is 26.1. The van der Waals surface area contributed by atoms with Gasteiger partial charge in [-0.3, -0.25) is 9.13 Å². The molecule has 0 unspecified atom stereocenters. The first-order valence-electron chi connectivity index (χ1n) is 53.6. The van der Waals surface area contributed by atoms with Gasteiger partial charge in [0.1, 0.15) is 0 Å². The lowest BCUT2D eigenvalue weighted by Gasteiger charge is -2.11. The van der Waals surface area contributed by atoms with Crippen LogP contribution in [0.5, 0.6) is 0 Å². The topological polar surface area (TPSA) is 87.2 Å². The van der Waals surface area contributed by atoms with Gasteiger partial charge in [0.05, 0.1) is 86.5 Å². The Morgan fingerprint density at radius 3 is 1.06 bits per heavy atom. The van der Waals surface area contributed by atoms with E-state index < -0.39 is 357 Å². The molecule has 0 radical (unpaired) electrons. The van der Waals surface area contributed by atoms with Gasteiger partial charge in [-0.1, -0.05) is 242 Å². The van der Waals surface area contributed by atoms with E-state index in [1.54, 1.807) is 30.3 Å². The van der Waals surface area contributed by atoms with E-state index >= 15 is 0 Å². The molecule has 0 saturated carbocycles. The van der Waals surface area contributed by atoms with Crippen LogP contribution in [0.15, 0.2) is 314 Å². The van der Waals surface area contributed by atoms with Gasteiger partial charge in [0, 0.05) is 124 Å². The number of hydrogen-bond acceptors (Lipinski definition) is 10. The molecular formula is C90H52N8S4. The Morgan fingerprint density at radius 1 is 0.225 bits per heavy atom. The fourth-order valence-electron chi connectivity index (χ4n) is 12.2. The minimum atomic E-state index is -0.884. The van der Waals surface area contributed by atoms with Crippen molar-refractivity contribution in [2.45, 2.75) is 0 Å². The van der Waals surface area contributed by atoms with Gasteiger partial charge in [-0.25, -0.2) is 9.97 Å². The summed E-state index contributed by atoms with van der Waals surface area (Å²) in [5, 5.41) is -1.89. The lowest BCUT2D eigenvalue weighted by molar-refractivity contribution is 0.953. The van der Waals surface area contributed by atoms with Crippen LogP contribution in [0.3, 0.4) is 0 Å². The maximum atomic E-state index is 9.75. The molecule has 0 spiro atoms. The molecule has 22 aromatic rings. The molecule has 102 heavy (non-hydrogen) atoms. The molecule has 0 aliphatic heterocycles. The van der Waals surface area contributed by atoms with Gasteiger partial charge in [0.2, 0.25) is 11.9 Å². The molecule has 8 aromatic heterocycles. The number of nitrogens with zero attached hydrogens (tertiary/aromatic N) is 8. The van der Waals surface area contributed by atoms with Gasteiger partial charge in [-0.2, -0.15) is 19.9 Å². The number of para-hydroxylation sites is 2. The fourth-order valence-corrected chi connectivity index (χ4v) is 16.2. The van der Waals surface area contributed by atoms with E-state index in [9.17, 15) is 19.2 Å². The monoisotopic (exact) mass is 1420 g/mol. The smallest absolute Gasteiger partial charge is 0.238 e. The average molecular weight is 1420 g/mol. The van der Waals surface area contributed by atoms with Crippen molar-refractivity contribution >= 4 is 170 Å². The summed E-state index contributed by atoms with van der Waals surface area (Å²) in [5.74, 6) is -4.31. The zero-order chi connectivity index (χ0) is 108. The van der Waals surface area contributed by atoms with Crippen LogP contribution < -0.4 is 0 Å². The Labute approximate surface area is 665 Å². The molecule has 0 fully saturated rings. The average Bonchev–Trinajstić information content (AvgIpc) is 1.52. The molecule has 22 rings (SSSR count). The highest BCUT2D eigenvalue weighted by Crippen LogP contribution is 2.48. The lowest BCUT2D eigenvalue weighted by Crippen LogP contribution is -2.06. The summed E-state index contributed by atoms with van der Waals surface area (Å²) in [6.45, 7) is 0. The zero-order valence-electron chi connectivity index (χ0n) is 97.6. The van der Waals surface area contributed by atoms with E-state index in [0.717, 1.165) is 43.1 Å². The summed E-state index contributed by atoms with van der Waals surface area (Å²) >= 11 is 2.98. The third kappa shape index (κ3) is 9.45. The van der Waals surface area contributed by atoms with Crippen LogP contribution in [0.4, 0.5) is 0 Å². The van der Waals surface area contributed by atoms with Gasteiger partial charge in [0.15, 0.2) is 23.3 Å². The number of fused-ring (bicyclic) bond motifs is 20. The van der Waals surface area contributed by atoms with Gasteiger partial charge in [-0.15, -0.1) is 45.3 Å². The first-order chi connectivity index (χ1) is 70.1. The largest absolute Gasteiger partial charge is 0.278 e. The lowest BCUT2D eigenvalue weighted by atomic mass is 9.99. The quantitative estimate of drug-likeness (QED) is 0.151. The van der Waals surface area contributed by atoms with Crippen molar-refractivity contribution < 1.29 is 64.4 Å². The van der Waals surface area contributed by atoms with Gasteiger partial charge in [0.25, 0.3) is 0 Å². The van der Waals surface area contributed by atoms with Crippen LogP contribution in [-0.4, -0.2) is 39.0 Å². The molecule has 0 N–H and O–H groups in total. The normalized spacial score (nSPS) is 18.4. The van der Waals surface area contributed by atoms with E-state index in [2.05, 4.69) is 29.9 Å². The number of benzene rings is 14. The van der Waals surface area contributed by atoms with Crippen molar-refractivity contribution in [3.63, 3.8) is 0 Å². The Balaban J connectivity index is 0.000000175. The van der Waals surface area contributed by atoms with Gasteiger partial charge >= 0.3 is 0 Å². The standard InChI is InChI=1S/2C45H26N4S2/c2*1-3-12-27(13-4-1)30-18-11-21-37-40(30)33-23-22-29(26-39(33)51-37)44-46-43(28-14-5-2-6-15-28)47-45(48-44)49-34-19-9-7-16-31(34)41-35(49)24-25-38-42(41)32-17-8-10-20-36(32)50-38/h2*1-26H/i1D,2D,3D,4D,5D,6D,7D,8D,9D,10D,11D,12D,13D,14D,15D,16D,17D,18D,19D,20D,21D,22D,23D,24D,25D,26D;2D,5D,6D,7D,8D,9D,10D,11D,14D,15D,16D,17D,18D,19D,20D,21D,22D,23D,24D,25D,26D. The maximum Gasteiger partial charge on any atom is 0.238 e. The second kappa shape index (κ2) is 23.6. The van der Waals surface area contributed by atoms with E-state index in [1.165, 1.54) is 0 Å². The second-order valence-electron chi connectivity index (χ2n) is 22.0. The summed E-state index contributed by atoms with van der Waals surface area (Å²) in [7, 11) is 0. The van der Waals surface area contributed by atoms with Crippen molar-refractivity contribution in [1.82, 2.24) is 39.0 Å². The Morgan fingerprint density at radius 2 is 0.588 bits per heavy atom. The SMILES string of the molecule is [2H]c1c([2H])c([2H])c(-c2nc(-c3c([2H])c([2H])c4c(sc5c([2H])c([2H])c([2H])c(-c6c([2H])c([2H])c([2H])c([2H])c6[2H])c54)c3[2H])nc(-n3c4c([2H])c([2H])c([2H])c([2H])c4c4c5c(sc6c([2H])c([2H])c([2H])c([2H])c65)c([2H])c([2H])c43)n2)c([2H])c1[2H].[2H]c1c([2H])c([2H])c(-c2nc(-c3c([2H])c([2H])c4c(sc5c([2H])c([2H])c([2H])c(-c6ccccc6)c54)c3[2H])nc(-n3c4c([2H])c([2H])c([2H])c([2H])c4c4c5c(sc6c([2H])c([2H])c([2H])c([2H])c65)c([2H])c([2H])c43)n2)c([2H])c1[2H]. The third-order valence-electron chi connectivity index (χ3n) is 16.5. The molecule has 0 bridgehead atoms. The Bertz CT molecular complexity index is 10100. The first-order valence-corrected chi connectivity index (χ1v) is 33.3. The molecule has 0 aliphatic carbocycles. The van der Waals surface area contributed by atoms with Crippen LogP contribution in [-0.2, 0) is 0 Å². The van der Waals surface area contributed by atoms with Crippen LogP contribution in [0.1, 0.15) is 64.4 Å². The number of rotatable bonds is 8. The number of thiophene rings is 4. The summed E-state index contributed by atoms with van der Waals surface area (Å²) in [5.41, 5.74) is -4.56. The van der Waals surface area contributed by atoms with Crippen molar-refractivity contribution in [2.75, 3.05) is 0 Å². The molecular weight excluding hydrogens is 1320 g/mol. The zero-order valence-corrected chi connectivity index (χ0v) is 53.9. The van der Waals surface area contributed by atoms with Crippen molar-refractivity contribution in [1.29, 1.82) is 0 Å². The van der Waals surface area contributed by atoms with Crippen molar-refractivity contribution in [3.8, 4) is 79.7 Å². The highest BCUT2D eigenvalue weighted by Gasteiger charge is 2.25. The molecule has 0 amide bonds. The first kappa shape index (κ1) is 28.7. The fraction of sp³-hybridized carbons (Fsp3) is 0. The minimum Gasteiger partial charge on any atom is -0.278 e. The summed E-state index contributed by atoms with van der Waals surface area (Å²) < 4.78 is 421. The van der Waals surface area contributed by atoms with E-state index in [1.807, 2.05) is 0 Å². The van der Waals surface area contributed by atoms with E-state index in [4.69, 9.17) is 45.2 Å². The molecule has 0 aliphatic rings. The molecule has 0 atom stereocenters. The van der Waals surface area contributed by atoms with Gasteiger partial charge < -0.3 is 0 Å². The molecule has 476 valence electrons. The molecule has 0 saturated heterocycles. The highest BCUT2D eigenvalue weighted by atomic mass is 32.1. The predicted octanol–water partition coefficient (Wildman–Crippen LogP) is 25.4.